The van der Waals surface area contributed by atoms with Gasteiger partial charge in [-0.15, -0.1) is 0 Å². The van der Waals surface area contributed by atoms with Gasteiger partial charge in [0.05, 0.1) is 48.6 Å². The van der Waals surface area contributed by atoms with Gasteiger partial charge in [0.1, 0.15) is 12.2 Å². The quantitative estimate of drug-likeness (QED) is 0.0106. The van der Waals surface area contributed by atoms with Crippen LogP contribution < -0.4 is 31.9 Å². The second-order valence-electron chi connectivity index (χ2n) is 33.9. The summed E-state index contributed by atoms with van der Waals surface area (Å²) in [5.74, 6) is -0.501. The molecule has 8 N–H and O–H groups in total. The van der Waals surface area contributed by atoms with E-state index in [-0.39, 0.29) is 66.3 Å². The van der Waals surface area contributed by atoms with Gasteiger partial charge in [0.15, 0.2) is 5.78 Å². The van der Waals surface area contributed by atoms with Gasteiger partial charge >= 0.3 is 11.9 Å². The van der Waals surface area contributed by atoms with Gasteiger partial charge in [0.2, 0.25) is 5.24 Å². The lowest BCUT2D eigenvalue weighted by molar-refractivity contribution is -0.147. The molecule has 0 spiro atoms. The molecule has 1 aliphatic heterocycles. The van der Waals surface area contributed by atoms with Crippen LogP contribution >= 0.6 is 11.6 Å². The van der Waals surface area contributed by atoms with Crippen molar-refractivity contribution in [1.82, 2.24) is 0 Å². The maximum Gasteiger partial charge on any atom is 0.333 e. The monoisotopic (exact) mass is 1710 g/mol. The third-order valence-corrected chi connectivity index (χ3v) is 24.6. The van der Waals surface area contributed by atoms with Crippen molar-refractivity contribution in [3.8, 4) is 0 Å². The Hall–Kier alpha value is -11.6. The summed E-state index contributed by atoms with van der Waals surface area (Å²) in [7, 11) is 0. The highest BCUT2D eigenvalue weighted by Crippen LogP contribution is 2.37. The number of allylic oxidation sites excluding steroid dienone is 1. The number of aliphatic hydroxyl groups is 2. The Morgan fingerprint density at radius 2 is 0.667 bits per heavy atom. The maximum absolute atomic E-state index is 12.4. The number of nitrogens with one attached hydrogen (secondary N) is 4. The lowest BCUT2D eigenvalue weighted by Gasteiger charge is -2.32. The summed E-state index contributed by atoms with van der Waals surface area (Å²) < 4.78 is 16.6. The fourth-order valence-electron chi connectivity index (χ4n) is 17.0. The van der Waals surface area contributed by atoms with Crippen LogP contribution in [0.4, 0.5) is 34.1 Å². The van der Waals surface area contributed by atoms with Gasteiger partial charge in [-0.2, -0.15) is 0 Å². The van der Waals surface area contributed by atoms with Crippen molar-refractivity contribution >= 4 is 123 Å². The number of epoxide rings is 1. The van der Waals surface area contributed by atoms with Crippen molar-refractivity contribution in [2.24, 2.45) is 0 Å². The molecule has 1 heterocycles. The van der Waals surface area contributed by atoms with E-state index in [9.17, 15) is 29.4 Å². The van der Waals surface area contributed by atoms with Crippen molar-refractivity contribution in [3.63, 3.8) is 0 Å². The molecule has 0 amide bonds. The number of carbonyl (C=O) groups is 4. The number of benzene rings is 12. The molecule has 12 aromatic rings. The van der Waals surface area contributed by atoms with E-state index in [0.29, 0.717) is 28.9 Å². The van der Waals surface area contributed by atoms with Crippen molar-refractivity contribution < 1.29 is 43.6 Å². The largest absolute Gasteiger partial charge is 0.457 e. The number of halogens is 1. The zero-order chi connectivity index (χ0) is 89.3. The Labute approximate surface area is 751 Å². The van der Waals surface area contributed by atoms with Crippen LogP contribution in [0.1, 0.15) is 185 Å². The molecule has 126 heavy (non-hydrogen) atoms. The van der Waals surface area contributed by atoms with Crippen molar-refractivity contribution in [3.05, 3.63) is 314 Å². The number of ether oxygens (including phenoxy) is 3. The van der Waals surface area contributed by atoms with Crippen LogP contribution in [0.15, 0.2) is 297 Å². The molecule has 10 unspecified atom stereocenters. The molecule has 0 aromatic heterocycles. The van der Waals surface area contributed by atoms with Crippen LogP contribution in [-0.4, -0.2) is 107 Å². The van der Waals surface area contributed by atoms with Gasteiger partial charge in [-0.3, -0.25) is 9.59 Å². The Morgan fingerprint density at radius 3 is 0.992 bits per heavy atom. The average Bonchev–Trinajstić information content (AvgIpc) is 1.72. The lowest BCUT2D eigenvalue weighted by atomic mass is 9.91. The molecule has 16 heteroatoms. The van der Waals surface area contributed by atoms with E-state index in [4.69, 9.17) is 31.5 Å². The first kappa shape index (κ1) is 95.1. The average molecular weight is 1710 g/mol. The SMILES string of the molecule is C1CCC2OC2C1.C=C(C)C(=O)Cl.C=C(C)C(=O)OC1CCCCC1Nc1cccc2ccccc12.C=C(C)C(=O)OC1CCCCC1Nc1cccc2ccccc12.CCN(CC)c1ccc(C(=O)c2ccc(C)cc2)cc1.Nc1cccc2ccccc12.OC1CCCCC1Nc1cccc2ccccc12.OC1CCCCC1Nc1cccc2ccccc12. The fraction of sp³-hybridized carbons (Fsp3) is 0.345. The highest BCUT2D eigenvalue weighted by Gasteiger charge is 2.40. The topological polar surface area (TPSA) is 217 Å². The summed E-state index contributed by atoms with van der Waals surface area (Å²) in [6.45, 7) is 23.8. The minimum absolute atomic E-state index is 0.0797. The Morgan fingerprint density at radius 1 is 0.381 bits per heavy atom. The molecular formula is C110H129ClN6O9. The van der Waals surface area contributed by atoms with E-state index < -0.39 is 5.24 Å². The highest BCUT2D eigenvalue weighted by molar-refractivity contribution is 6.67. The zero-order valence-corrected chi connectivity index (χ0v) is 75.2. The molecule has 1 saturated heterocycles. The fourth-order valence-corrected chi connectivity index (χ4v) is 17.0. The summed E-state index contributed by atoms with van der Waals surface area (Å²) in [5, 5.41) is 46.0. The molecule has 660 valence electrons. The van der Waals surface area contributed by atoms with Gasteiger partial charge < -0.3 is 56.3 Å². The van der Waals surface area contributed by atoms with E-state index in [2.05, 4.69) is 217 Å². The van der Waals surface area contributed by atoms with Crippen LogP contribution in [-0.2, 0) is 28.6 Å². The molecule has 6 fully saturated rings. The van der Waals surface area contributed by atoms with Gasteiger partial charge in [-0.25, -0.2) is 9.59 Å². The molecule has 0 radical (unpaired) electrons. The predicted octanol–water partition coefficient (Wildman–Crippen LogP) is 25.6. The second kappa shape index (κ2) is 48.8. The summed E-state index contributed by atoms with van der Waals surface area (Å²) in [6, 6.07) is 88.8. The summed E-state index contributed by atoms with van der Waals surface area (Å²) in [6.07, 6.45) is 23.3. The van der Waals surface area contributed by atoms with E-state index in [1.807, 2.05) is 110 Å². The Balaban J connectivity index is 0.000000144. The number of nitrogen functional groups attached to an aromatic ring is 1. The first-order valence-corrected chi connectivity index (χ1v) is 45.8. The number of carbonyl (C=O) groups excluding carboxylic acids is 4. The number of aliphatic hydroxyl groups excluding tert-OH is 2. The maximum atomic E-state index is 12.4. The van der Waals surface area contributed by atoms with Gasteiger partial charge in [0.25, 0.3) is 0 Å². The molecule has 5 saturated carbocycles. The normalized spacial score (nSPS) is 20.1. The van der Waals surface area contributed by atoms with Crippen LogP contribution in [0.25, 0.3) is 53.9 Å². The number of anilines is 6. The van der Waals surface area contributed by atoms with Crippen LogP contribution in [0.3, 0.4) is 0 Å². The molecule has 12 aromatic carbocycles. The third kappa shape index (κ3) is 28.2. The Kier molecular flexibility index (Phi) is 36.8. The van der Waals surface area contributed by atoms with E-state index in [1.165, 1.54) is 92.6 Å². The van der Waals surface area contributed by atoms with Gasteiger partial charge in [0, 0.05) is 102 Å². The van der Waals surface area contributed by atoms with Crippen LogP contribution in [0, 0.1) is 6.92 Å². The standard InChI is InChI=1S/2C20H23NO2.C18H21NO.2C16H19NO.C10H9N.C6H10O.C4H5ClO/c2*1-14(2)20(22)23-19-13-6-5-11-18(19)21-17-12-7-9-15-8-3-4-10-16(15)17;1-4-19(5-2)17-12-10-16(11-13-17)18(20)15-8-6-14(3)7-9-15;2*18-16-11-4-3-9-15(16)17-14-10-5-7-12-6-1-2-8-13(12)14;11-10-7-3-5-8-4-1-2-6-9(8)10;1-2-4-6-5(3-1)7-6;1-3(2)4(5)6/h2*3-4,7-10,12,18-19,21H,1,5-6,11,13H2,2H3;6-13H,4-5H2,1-3H3;2*1-2,5-8,10,15-18H,3-4,9,11H2;1-7H,11H2;5-6H,1-4H2;1H2,2H3. The number of fused-ring (bicyclic) bond motifs is 6. The number of nitrogens with zero attached hydrogens (tertiary/aromatic N) is 1. The predicted molar refractivity (Wildman–Crippen MR) is 526 cm³/mol. The molecule has 18 rings (SSSR count). The zero-order valence-electron chi connectivity index (χ0n) is 74.4. The third-order valence-electron chi connectivity index (χ3n) is 24.2. The van der Waals surface area contributed by atoms with E-state index in [0.717, 1.165) is 154 Å². The van der Waals surface area contributed by atoms with Gasteiger partial charge in [-0.05, 0) is 212 Å². The van der Waals surface area contributed by atoms with Crippen molar-refractivity contribution in [1.29, 1.82) is 0 Å². The summed E-state index contributed by atoms with van der Waals surface area (Å²) in [5.41, 5.74) is 16.2. The minimum atomic E-state index is -0.463. The van der Waals surface area contributed by atoms with Crippen molar-refractivity contribution in [2.75, 3.05) is 45.0 Å². The number of nitrogens with two attached hydrogens (primary N) is 1. The first-order valence-electron chi connectivity index (χ1n) is 45.4. The summed E-state index contributed by atoms with van der Waals surface area (Å²) >= 11 is 4.87. The van der Waals surface area contributed by atoms with Crippen LogP contribution in [0.5, 0.6) is 0 Å². The van der Waals surface area contributed by atoms with Crippen LogP contribution in [0.2, 0.25) is 0 Å². The number of hydrogen-bond donors (Lipinski definition) is 7. The smallest absolute Gasteiger partial charge is 0.333 e. The number of rotatable bonds is 18. The molecule has 15 nitrogen and oxygen atoms in total. The number of hydrogen-bond acceptors (Lipinski definition) is 15. The second-order valence-corrected chi connectivity index (χ2v) is 34.2. The molecule has 6 aliphatic rings. The molecule has 10 atom stereocenters. The van der Waals surface area contributed by atoms with E-state index in [1.54, 1.807) is 20.8 Å². The molecule has 5 aliphatic carbocycles. The Bertz CT molecular complexity index is 5280. The summed E-state index contributed by atoms with van der Waals surface area (Å²) in [4.78, 5) is 48.2. The number of esters is 2. The first-order chi connectivity index (χ1) is 61.1. The van der Waals surface area contributed by atoms with E-state index >= 15 is 0 Å². The highest BCUT2D eigenvalue weighted by atomic mass is 35.5. The van der Waals surface area contributed by atoms with Crippen molar-refractivity contribution in [2.45, 2.75) is 231 Å². The lowest BCUT2D eigenvalue weighted by Crippen LogP contribution is -2.39. The number of aryl methyl sites for hydroxylation is 1. The minimum Gasteiger partial charge on any atom is -0.457 e. The number of ketones is 1. The van der Waals surface area contributed by atoms with Gasteiger partial charge in [-0.1, -0.05) is 283 Å². The molecular weight excluding hydrogens is 1580 g/mol. The molecule has 0 bridgehead atoms.